The maximum Gasteiger partial charge on any atom is 0.159 e. The summed E-state index contributed by atoms with van der Waals surface area (Å²) in [4.78, 5) is 2.40. The molecular formula is C46H27NOS2. The van der Waals surface area contributed by atoms with Crippen molar-refractivity contribution in [2.45, 2.75) is 0 Å². The molecule has 3 aromatic heterocycles. The lowest BCUT2D eigenvalue weighted by Crippen LogP contribution is -2.10. The Hall–Kier alpha value is -5.94. The minimum Gasteiger partial charge on any atom is -0.454 e. The number of furan rings is 1. The fourth-order valence-corrected chi connectivity index (χ4v) is 10.3. The average Bonchev–Trinajstić information content (AvgIpc) is 3.87. The van der Waals surface area contributed by atoms with Gasteiger partial charge in [-0.1, -0.05) is 115 Å². The normalized spacial score (nSPS) is 12.0. The summed E-state index contributed by atoms with van der Waals surface area (Å²) in [5.41, 5.74) is 7.42. The van der Waals surface area contributed by atoms with Gasteiger partial charge in [0.2, 0.25) is 0 Å². The number of fused-ring (bicyclic) bond motifs is 11. The van der Waals surface area contributed by atoms with E-state index in [0.717, 1.165) is 39.0 Å². The average molecular weight is 674 g/mol. The largest absolute Gasteiger partial charge is 0.454 e. The minimum atomic E-state index is 0.886. The van der Waals surface area contributed by atoms with Crippen molar-refractivity contribution in [3.05, 3.63) is 164 Å². The van der Waals surface area contributed by atoms with E-state index in [1.54, 1.807) is 0 Å². The first kappa shape index (κ1) is 28.0. The van der Waals surface area contributed by atoms with Crippen LogP contribution in [0.5, 0.6) is 0 Å². The Morgan fingerprint density at radius 3 is 2.02 bits per heavy atom. The van der Waals surface area contributed by atoms with Crippen LogP contribution in [0.1, 0.15) is 0 Å². The number of rotatable bonds is 4. The van der Waals surface area contributed by atoms with Gasteiger partial charge in [-0.05, 0) is 70.4 Å². The van der Waals surface area contributed by atoms with Gasteiger partial charge in [0.25, 0.3) is 0 Å². The van der Waals surface area contributed by atoms with Gasteiger partial charge in [-0.25, -0.2) is 0 Å². The lowest BCUT2D eigenvalue weighted by Gasteiger charge is -2.26. The predicted octanol–water partition coefficient (Wildman–Crippen LogP) is 14.6. The molecule has 3 heterocycles. The second-order valence-electron chi connectivity index (χ2n) is 12.9. The molecule has 0 atom stereocenters. The summed E-state index contributed by atoms with van der Waals surface area (Å²) in [5, 5.41) is 10.0. The highest BCUT2D eigenvalue weighted by atomic mass is 32.1. The molecule has 50 heavy (non-hydrogen) atoms. The van der Waals surface area contributed by atoms with Gasteiger partial charge in [0.1, 0.15) is 5.58 Å². The lowest BCUT2D eigenvalue weighted by molar-refractivity contribution is 0.669. The van der Waals surface area contributed by atoms with Gasteiger partial charge in [0.15, 0.2) is 5.58 Å². The van der Waals surface area contributed by atoms with Gasteiger partial charge in [-0.2, -0.15) is 0 Å². The molecule has 4 heteroatoms. The summed E-state index contributed by atoms with van der Waals surface area (Å²) < 4.78 is 11.9. The SMILES string of the molecule is c1ccc2cc(-c3ccc(N(c4cccc5c4oc4ccccc45)c4cccc5c4sc4c5ccc5sc6ccccc6c54)cc3)ccc2c1. The molecule has 2 nitrogen and oxygen atoms in total. The highest BCUT2D eigenvalue weighted by Gasteiger charge is 2.23. The molecule has 0 bridgehead atoms. The van der Waals surface area contributed by atoms with Gasteiger partial charge in [-0.15, -0.1) is 22.7 Å². The van der Waals surface area contributed by atoms with Crippen LogP contribution < -0.4 is 4.90 Å². The van der Waals surface area contributed by atoms with Crippen molar-refractivity contribution in [1.82, 2.24) is 0 Å². The number of anilines is 3. The first-order valence-electron chi connectivity index (χ1n) is 16.8. The van der Waals surface area contributed by atoms with E-state index >= 15 is 0 Å². The molecule has 0 aliphatic carbocycles. The van der Waals surface area contributed by atoms with Gasteiger partial charge in [-0.3, -0.25) is 0 Å². The quantitative estimate of drug-likeness (QED) is 0.185. The number of benzene rings is 8. The van der Waals surface area contributed by atoms with Crippen LogP contribution in [0.25, 0.3) is 84.2 Å². The summed E-state index contributed by atoms with van der Waals surface area (Å²) in [7, 11) is 0. The third-order valence-corrected chi connectivity index (χ3v) is 12.5. The van der Waals surface area contributed by atoms with Crippen LogP contribution in [-0.4, -0.2) is 0 Å². The van der Waals surface area contributed by atoms with Crippen molar-refractivity contribution >= 4 is 113 Å². The number of para-hydroxylation sites is 2. The zero-order valence-electron chi connectivity index (χ0n) is 26.8. The zero-order valence-corrected chi connectivity index (χ0v) is 28.4. The second-order valence-corrected chi connectivity index (χ2v) is 15.0. The monoisotopic (exact) mass is 673 g/mol. The van der Waals surface area contributed by atoms with E-state index in [1.807, 2.05) is 28.7 Å². The Labute approximate surface area is 295 Å². The van der Waals surface area contributed by atoms with E-state index in [9.17, 15) is 0 Å². The molecule has 11 rings (SSSR count). The summed E-state index contributed by atoms with van der Waals surface area (Å²) in [5.74, 6) is 0. The van der Waals surface area contributed by atoms with Crippen LogP contribution in [0.3, 0.4) is 0 Å². The van der Waals surface area contributed by atoms with Gasteiger partial charge in [0, 0.05) is 52.1 Å². The first-order chi connectivity index (χ1) is 24.8. The van der Waals surface area contributed by atoms with Crippen LogP contribution in [0.2, 0.25) is 0 Å². The molecule has 0 N–H and O–H groups in total. The molecule has 0 fully saturated rings. The summed E-state index contributed by atoms with van der Waals surface area (Å²) in [6, 6.07) is 59.3. The first-order valence-corrected chi connectivity index (χ1v) is 18.5. The van der Waals surface area contributed by atoms with Gasteiger partial charge < -0.3 is 9.32 Å². The highest BCUT2D eigenvalue weighted by Crippen LogP contribution is 2.50. The Morgan fingerprint density at radius 1 is 0.420 bits per heavy atom. The van der Waals surface area contributed by atoms with Crippen molar-refractivity contribution in [1.29, 1.82) is 0 Å². The summed E-state index contributed by atoms with van der Waals surface area (Å²) >= 11 is 3.78. The maximum absolute atomic E-state index is 6.67. The third kappa shape index (κ3) is 4.13. The molecule has 234 valence electrons. The Morgan fingerprint density at radius 2 is 1.12 bits per heavy atom. The van der Waals surface area contributed by atoms with Crippen molar-refractivity contribution in [2.75, 3.05) is 4.90 Å². The molecule has 0 amide bonds. The molecule has 0 aliphatic rings. The van der Waals surface area contributed by atoms with E-state index in [2.05, 4.69) is 163 Å². The fourth-order valence-electron chi connectivity index (χ4n) is 7.71. The van der Waals surface area contributed by atoms with E-state index in [1.165, 1.54) is 62.2 Å². The molecule has 0 radical (unpaired) electrons. The number of hydrogen-bond acceptors (Lipinski definition) is 4. The molecule has 0 saturated heterocycles. The fraction of sp³-hybridized carbons (Fsp3) is 0. The molecule has 0 spiro atoms. The van der Waals surface area contributed by atoms with Crippen molar-refractivity contribution in [3.63, 3.8) is 0 Å². The van der Waals surface area contributed by atoms with Crippen LogP contribution in [-0.2, 0) is 0 Å². The van der Waals surface area contributed by atoms with E-state index in [4.69, 9.17) is 4.42 Å². The molecule has 8 aromatic carbocycles. The summed E-state index contributed by atoms with van der Waals surface area (Å²) in [6.07, 6.45) is 0. The molecule has 0 unspecified atom stereocenters. The molecule has 0 saturated carbocycles. The maximum atomic E-state index is 6.67. The molecule has 11 aromatic rings. The van der Waals surface area contributed by atoms with Crippen molar-refractivity contribution in [3.8, 4) is 11.1 Å². The Balaban J connectivity index is 1.16. The number of nitrogens with zero attached hydrogens (tertiary/aromatic N) is 1. The zero-order chi connectivity index (χ0) is 32.8. The van der Waals surface area contributed by atoms with E-state index < -0.39 is 0 Å². The van der Waals surface area contributed by atoms with Crippen LogP contribution in [0.15, 0.2) is 168 Å². The van der Waals surface area contributed by atoms with Crippen molar-refractivity contribution in [2.24, 2.45) is 0 Å². The van der Waals surface area contributed by atoms with Crippen molar-refractivity contribution < 1.29 is 4.42 Å². The van der Waals surface area contributed by atoms with Gasteiger partial charge >= 0.3 is 0 Å². The smallest absolute Gasteiger partial charge is 0.159 e. The van der Waals surface area contributed by atoms with Crippen LogP contribution in [0.4, 0.5) is 17.1 Å². The lowest BCUT2D eigenvalue weighted by atomic mass is 10.0. The minimum absolute atomic E-state index is 0.886. The van der Waals surface area contributed by atoms with Crippen LogP contribution >= 0.6 is 22.7 Å². The number of thiophene rings is 2. The predicted molar refractivity (Wildman–Crippen MR) is 217 cm³/mol. The molecule has 0 aliphatic heterocycles. The topological polar surface area (TPSA) is 16.4 Å². The standard InChI is InChI=1S/C46H27NOS2/c1-2-10-30-27-31(20-19-28(30)9-1)29-21-23-32(24-22-29)47(38-15-7-13-34-33-11-3-5-17-40(33)48-44(34)38)39-16-8-14-35-36-25-26-42-43(46(36)50-45(35)39)37-12-4-6-18-41(37)49-42/h1-27H. The van der Waals surface area contributed by atoms with Crippen LogP contribution in [0, 0.1) is 0 Å². The van der Waals surface area contributed by atoms with Gasteiger partial charge in [0.05, 0.1) is 16.1 Å². The molecular weight excluding hydrogens is 647 g/mol. The number of hydrogen-bond donors (Lipinski definition) is 0. The highest BCUT2D eigenvalue weighted by molar-refractivity contribution is 7.30. The second kappa shape index (κ2) is 10.8. The van der Waals surface area contributed by atoms with E-state index in [-0.39, 0.29) is 0 Å². The van der Waals surface area contributed by atoms with E-state index in [0.29, 0.717) is 0 Å². The summed E-state index contributed by atoms with van der Waals surface area (Å²) in [6.45, 7) is 0. The Kier molecular flexibility index (Phi) is 6.03. The third-order valence-electron chi connectivity index (χ3n) is 10.1. The Bertz CT molecular complexity index is 3110.